The van der Waals surface area contributed by atoms with Gasteiger partial charge in [-0.15, -0.1) is 22.7 Å². The summed E-state index contributed by atoms with van der Waals surface area (Å²) in [7, 11) is 4.43. The van der Waals surface area contributed by atoms with Crippen molar-refractivity contribution in [2.24, 2.45) is 0 Å². The fourth-order valence-corrected chi connectivity index (χ4v) is 5.69. The van der Waals surface area contributed by atoms with E-state index in [1.54, 1.807) is 6.33 Å². The van der Waals surface area contributed by atoms with Gasteiger partial charge < -0.3 is 10.2 Å². The molecule has 0 radical (unpaired) electrons. The van der Waals surface area contributed by atoms with Gasteiger partial charge in [-0.25, -0.2) is 9.97 Å². The summed E-state index contributed by atoms with van der Waals surface area (Å²) in [6.45, 7) is 0.888. The summed E-state index contributed by atoms with van der Waals surface area (Å²) >= 11 is 3.69. The zero-order chi connectivity index (χ0) is 16.5. The van der Waals surface area contributed by atoms with Crippen molar-refractivity contribution >= 4 is 38.7 Å². The summed E-state index contributed by atoms with van der Waals surface area (Å²) in [5.74, 6) is 1.02. The quantitative estimate of drug-likeness (QED) is 0.736. The molecule has 0 fully saturated rings. The first-order valence-electron chi connectivity index (χ1n) is 8.56. The monoisotopic (exact) mass is 359 g/mol. The van der Waals surface area contributed by atoms with Crippen LogP contribution in [0.3, 0.4) is 0 Å². The lowest BCUT2D eigenvalue weighted by molar-refractivity contribution is -0.889. The molecule has 126 valence electrons. The van der Waals surface area contributed by atoms with Crippen LogP contribution in [0, 0.1) is 0 Å². The van der Waals surface area contributed by atoms with Crippen LogP contribution in [0.15, 0.2) is 23.8 Å². The normalized spacial score (nSPS) is 15.6. The molecule has 3 heterocycles. The number of aromatic nitrogens is 2. The third-order valence-corrected chi connectivity index (χ3v) is 6.99. The fraction of sp³-hybridized carbons (Fsp3) is 0.444. The summed E-state index contributed by atoms with van der Waals surface area (Å²) < 4.78 is 0. The van der Waals surface area contributed by atoms with Gasteiger partial charge >= 0.3 is 0 Å². The molecule has 4 rings (SSSR count). The highest BCUT2D eigenvalue weighted by Crippen LogP contribution is 2.38. The summed E-state index contributed by atoms with van der Waals surface area (Å²) in [6, 6.07) is 4.80. The van der Waals surface area contributed by atoms with Crippen LogP contribution in [0.1, 0.15) is 34.2 Å². The van der Waals surface area contributed by atoms with E-state index in [4.69, 9.17) is 0 Å². The van der Waals surface area contributed by atoms with Crippen LogP contribution in [0.25, 0.3) is 10.2 Å². The maximum Gasteiger partial charge on any atom is 0.139 e. The smallest absolute Gasteiger partial charge is 0.139 e. The molecule has 3 aromatic heterocycles. The van der Waals surface area contributed by atoms with Crippen LogP contribution in [-0.4, -0.2) is 30.6 Å². The molecule has 0 saturated heterocycles. The standard InChI is InChI=1S/C18H22N4S2/c1-22(2)13(15-8-5-9-23-15)10-19-17-16-12-6-3-4-7-14(12)24-18(16)21-11-20-17/h5,8-9,11,13H,3-4,6-7,10H2,1-2H3,(H,19,20,21)/p+1/t13-/m0/s1. The Hall–Kier alpha value is -1.50. The average Bonchev–Trinajstić information content (AvgIpc) is 3.22. The minimum atomic E-state index is 0.435. The Morgan fingerprint density at radius 1 is 1.25 bits per heavy atom. The second-order valence-corrected chi connectivity index (χ2v) is 8.70. The van der Waals surface area contributed by atoms with Crippen molar-refractivity contribution in [3.63, 3.8) is 0 Å². The van der Waals surface area contributed by atoms with E-state index in [0.29, 0.717) is 6.04 Å². The number of fused-ring (bicyclic) bond motifs is 3. The van der Waals surface area contributed by atoms with Crippen LogP contribution in [0.4, 0.5) is 5.82 Å². The molecule has 0 spiro atoms. The predicted octanol–water partition coefficient (Wildman–Crippen LogP) is 2.93. The summed E-state index contributed by atoms with van der Waals surface area (Å²) in [5.41, 5.74) is 1.49. The SMILES string of the molecule is C[NH+](C)[C@@H](CNc1ncnc2sc3c(c12)CCCC3)c1cccs1. The van der Waals surface area contributed by atoms with Gasteiger partial charge in [0.2, 0.25) is 0 Å². The number of nitrogens with zero attached hydrogens (tertiary/aromatic N) is 2. The Morgan fingerprint density at radius 2 is 2.12 bits per heavy atom. The number of anilines is 1. The highest BCUT2D eigenvalue weighted by atomic mass is 32.1. The molecule has 1 aliphatic carbocycles. The molecule has 0 amide bonds. The van der Waals surface area contributed by atoms with Gasteiger partial charge in [0.05, 0.1) is 30.9 Å². The van der Waals surface area contributed by atoms with Crippen molar-refractivity contribution in [1.29, 1.82) is 0 Å². The fourth-order valence-electron chi connectivity index (χ4n) is 3.50. The number of nitrogens with one attached hydrogen (secondary N) is 2. The molecule has 0 aliphatic heterocycles. The van der Waals surface area contributed by atoms with Gasteiger partial charge in [-0.2, -0.15) is 0 Å². The van der Waals surface area contributed by atoms with E-state index in [2.05, 4.69) is 46.9 Å². The minimum absolute atomic E-state index is 0.435. The van der Waals surface area contributed by atoms with E-state index in [1.807, 2.05) is 22.7 Å². The van der Waals surface area contributed by atoms with Gasteiger partial charge in [-0.1, -0.05) is 6.07 Å². The second-order valence-electron chi connectivity index (χ2n) is 6.64. The maximum absolute atomic E-state index is 4.58. The predicted molar refractivity (Wildman–Crippen MR) is 102 cm³/mol. The number of aryl methyl sites for hydroxylation is 2. The number of likely N-dealkylation sites (N-methyl/N-ethyl adjacent to an activating group) is 1. The molecular formula is C18H23N4S2+. The number of hydrogen-bond donors (Lipinski definition) is 2. The third-order valence-electron chi connectivity index (χ3n) is 4.81. The Balaban J connectivity index is 1.63. The van der Waals surface area contributed by atoms with E-state index < -0.39 is 0 Å². The first-order valence-corrected chi connectivity index (χ1v) is 10.3. The molecule has 1 aliphatic rings. The molecule has 24 heavy (non-hydrogen) atoms. The zero-order valence-corrected chi connectivity index (χ0v) is 15.8. The lowest BCUT2D eigenvalue weighted by atomic mass is 9.97. The first-order chi connectivity index (χ1) is 11.7. The van der Waals surface area contributed by atoms with Crippen LogP contribution >= 0.6 is 22.7 Å². The minimum Gasteiger partial charge on any atom is -0.363 e. The molecule has 2 N–H and O–H groups in total. The Bertz CT molecular complexity index is 823. The van der Waals surface area contributed by atoms with Crippen molar-refractivity contribution in [3.05, 3.63) is 39.2 Å². The van der Waals surface area contributed by atoms with Gasteiger partial charge in [0.1, 0.15) is 23.0 Å². The van der Waals surface area contributed by atoms with E-state index in [9.17, 15) is 0 Å². The molecular weight excluding hydrogens is 336 g/mol. The van der Waals surface area contributed by atoms with Crippen molar-refractivity contribution < 1.29 is 4.90 Å². The van der Waals surface area contributed by atoms with Crippen molar-refractivity contribution in [3.8, 4) is 0 Å². The molecule has 1 atom stereocenters. The maximum atomic E-state index is 4.58. The largest absolute Gasteiger partial charge is 0.363 e. The molecule has 0 bridgehead atoms. The van der Waals surface area contributed by atoms with E-state index in [-0.39, 0.29) is 0 Å². The lowest BCUT2D eigenvalue weighted by Gasteiger charge is -2.21. The van der Waals surface area contributed by atoms with Crippen molar-refractivity contribution in [2.45, 2.75) is 31.7 Å². The van der Waals surface area contributed by atoms with Gasteiger partial charge in [-0.3, -0.25) is 0 Å². The topological polar surface area (TPSA) is 42.2 Å². The highest BCUT2D eigenvalue weighted by Gasteiger charge is 2.22. The first kappa shape index (κ1) is 16.0. The molecule has 0 unspecified atom stereocenters. The van der Waals surface area contributed by atoms with Crippen LogP contribution in [0.2, 0.25) is 0 Å². The molecule has 0 saturated carbocycles. The third kappa shape index (κ3) is 2.94. The average molecular weight is 360 g/mol. The Labute approximate surface area is 150 Å². The summed E-state index contributed by atoms with van der Waals surface area (Å²) in [5, 5.41) is 7.07. The molecule has 6 heteroatoms. The highest BCUT2D eigenvalue weighted by molar-refractivity contribution is 7.19. The number of quaternary nitrogens is 1. The Kier molecular flexibility index (Phi) is 4.52. The number of rotatable bonds is 5. The molecule has 0 aromatic carbocycles. The Morgan fingerprint density at radius 3 is 2.92 bits per heavy atom. The van der Waals surface area contributed by atoms with Crippen molar-refractivity contribution in [1.82, 2.24) is 9.97 Å². The van der Waals surface area contributed by atoms with Gasteiger partial charge in [0.25, 0.3) is 0 Å². The van der Waals surface area contributed by atoms with Gasteiger partial charge in [0.15, 0.2) is 0 Å². The van der Waals surface area contributed by atoms with Gasteiger partial charge in [-0.05, 0) is 42.7 Å². The van der Waals surface area contributed by atoms with E-state index in [0.717, 1.165) is 17.2 Å². The molecule has 3 aromatic rings. The summed E-state index contributed by atoms with van der Waals surface area (Å²) in [6.07, 6.45) is 6.67. The van der Waals surface area contributed by atoms with Crippen LogP contribution < -0.4 is 10.2 Å². The van der Waals surface area contributed by atoms with E-state index in [1.165, 1.54) is 51.3 Å². The molecule has 4 nitrogen and oxygen atoms in total. The second kappa shape index (κ2) is 6.78. The van der Waals surface area contributed by atoms with Crippen LogP contribution in [-0.2, 0) is 12.8 Å². The van der Waals surface area contributed by atoms with Crippen LogP contribution in [0.5, 0.6) is 0 Å². The van der Waals surface area contributed by atoms with E-state index >= 15 is 0 Å². The number of thiophene rings is 2. The summed E-state index contributed by atoms with van der Waals surface area (Å²) in [4.78, 5) is 14.6. The lowest BCUT2D eigenvalue weighted by Crippen LogP contribution is -3.06. The van der Waals surface area contributed by atoms with Gasteiger partial charge in [0, 0.05) is 4.88 Å². The number of hydrogen-bond acceptors (Lipinski definition) is 5. The zero-order valence-electron chi connectivity index (χ0n) is 14.1. The van der Waals surface area contributed by atoms with Crippen molar-refractivity contribution in [2.75, 3.05) is 26.0 Å².